The molecule has 0 heterocycles. The zero-order valence-corrected chi connectivity index (χ0v) is 16.4. The van der Waals surface area contributed by atoms with E-state index in [4.69, 9.17) is 0 Å². The number of aryl methyl sites for hydroxylation is 1. The van der Waals surface area contributed by atoms with Gasteiger partial charge in [-0.25, -0.2) is 17.5 Å². The van der Waals surface area contributed by atoms with Gasteiger partial charge in [-0.2, -0.15) is 0 Å². The van der Waals surface area contributed by atoms with Gasteiger partial charge in [-0.05, 0) is 42.0 Å². The highest BCUT2D eigenvalue weighted by molar-refractivity contribution is 7.89. The number of hydrogen-bond acceptors (Lipinski definition) is 3. The lowest BCUT2D eigenvalue weighted by molar-refractivity contribution is 0.235. The number of carbonyl (C=O) groups excluding carboxylic acids is 1. The van der Waals surface area contributed by atoms with E-state index in [0.29, 0.717) is 5.56 Å². The van der Waals surface area contributed by atoms with Crippen molar-refractivity contribution in [2.45, 2.75) is 36.7 Å². The Morgan fingerprint density at radius 2 is 1.81 bits per heavy atom. The molecule has 1 unspecified atom stereocenters. The number of nitrogens with zero attached hydrogens (tertiary/aromatic N) is 1. The van der Waals surface area contributed by atoms with Crippen molar-refractivity contribution in [2.24, 2.45) is 0 Å². The van der Waals surface area contributed by atoms with Crippen molar-refractivity contribution in [3.8, 4) is 0 Å². The Hall–Kier alpha value is -2.38. The third-order valence-corrected chi connectivity index (χ3v) is 6.76. The first-order valence-electron chi connectivity index (χ1n) is 9.02. The molecule has 6 nitrogen and oxygen atoms in total. The van der Waals surface area contributed by atoms with E-state index >= 15 is 0 Å². The van der Waals surface area contributed by atoms with Crippen LogP contribution in [0.5, 0.6) is 0 Å². The van der Waals surface area contributed by atoms with Crippen LogP contribution in [0.2, 0.25) is 0 Å². The molecule has 0 fully saturated rings. The van der Waals surface area contributed by atoms with Crippen LogP contribution in [0.15, 0.2) is 53.4 Å². The monoisotopic (exact) mass is 387 g/mol. The minimum Gasteiger partial charge on any atom is -0.334 e. The van der Waals surface area contributed by atoms with Gasteiger partial charge in [0.15, 0.2) is 0 Å². The predicted molar refractivity (Wildman–Crippen MR) is 105 cm³/mol. The summed E-state index contributed by atoms with van der Waals surface area (Å²) in [6.45, 7) is 0.142. The highest BCUT2D eigenvalue weighted by Crippen LogP contribution is 2.29. The molecule has 3 rings (SSSR count). The minimum atomic E-state index is -3.56. The quantitative estimate of drug-likeness (QED) is 0.828. The first kappa shape index (κ1) is 19.4. The second kappa shape index (κ2) is 8.10. The lowest BCUT2D eigenvalue weighted by Crippen LogP contribution is -2.39. The van der Waals surface area contributed by atoms with Crippen molar-refractivity contribution >= 4 is 16.1 Å². The first-order chi connectivity index (χ1) is 12.9. The molecule has 1 aliphatic carbocycles. The number of carbonyl (C=O) groups is 1. The molecule has 27 heavy (non-hydrogen) atoms. The van der Waals surface area contributed by atoms with Crippen LogP contribution in [0.1, 0.15) is 35.6 Å². The summed E-state index contributed by atoms with van der Waals surface area (Å²) in [6.07, 6.45) is 2.97. The second-order valence-electron chi connectivity index (χ2n) is 6.87. The highest BCUT2D eigenvalue weighted by atomic mass is 32.2. The molecule has 0 aromatic heterocycles. The molecule has 0 saturated heterocycles. The fraction of sp³-hybridized carbons (Fsp3) is 0.350. The van der Waals surface area contributed by atoms with Gasteiger partial charge in [0.2, 0.25) is 10.0 Å². The van der Waals surface area contributed by atoms with E-state index in [1.54, 1.807) is 24.3 Å². The van der Waals surface area contributed by atoms with Gasteiger partial charge in [-0.1, -0.05) is 42.5 Å². The average molecular weight is 388 g/mol. The van der Waals surface area contributed by atoms with Crippen molar-refractivity contribution in [3.05, 3.63) is 65.2 Å². The Morgan fingerprint density at radius 1 is 1.11 bits per heavy atom. The molecule has 0 spiro atoms. The number of sulfonamides is 1. The average Bonchev–Trinajstić information content (AvgIpc) is 2.67. The topological polar surface area (TPSA) is 78.5 Å². The summed E-state index contributed by atoms with van der Waals surface area (Å²) >= 11 is 0. The second-order valence-corrected chi connectivity index (χ2v) is 8.99. The summed E-state index contributed by atoms with van der Waals surface area (Å²) in [6, 6.07) is 14.6. The summed E-state index contributed by atoms with van der Waals surface area (Å²) in [5.41, 5.74) is 3.00. The Labute approximate surface area is 160 Å². The Balaban J connectivity index is 1.68. The lowest BCUT2D eigenvalue weighted by atomic mass is 9.88. The largest absolute Gasteiger partial charge is 0.334 e. The van der Waals surface area contributed by atoms with E-state index in [0.717, 1.165) is 24.8 Å². The van der Waals surface area contributed by atoms with E-state index < -0.39 is 10.0 Å². The van der Waals surface area contributed by atoms with Crippen molar-refractivity contribution in [3.63, 3.8) is 0 Å². The SMILES string of the molecule is CN(C)S(=O)(=O)c1ccccc1CNC(=O)NC1CCCc2ccccc21. The number of amides is 2. The number of rotatable bonds is 5. The number of benzene rings is 2. The summed E-state index contributed by atoms with van der Waals surface area (Å²) in [5.74, 6) is 0. The van der Waals surface area contributed by atoms with Gasteiger partial charge in [0.05, 0.1) is 10.9 Å². The van der Waals surface area contributed by atoms with Crippen molar-refractivity contribution in [1.82, 2.24) is 14.9 Å². The van der Waals surface area contributed by atoms with Gasteiger partial charge in [0, 0.05) is 20.6 Å². The third kappa shape index (κ3) is 4.31. The molecule has 7 heteroatoms. The van der Waals surface area contributed by atoms with Crippen molar-refractivity contribution in [1.29, 1.82) is 0 Å². The smallest absolute Gasteiger partial charge is 0.315 e. The standard InChI is InChI=1S/C20H25N3O3S/c1-23(2)27(25,26)19-13-6-4-9-16(19)14-21-20(24)22-18-12-7-10-15-8-3-5-11-17(15)18/h3-6,8-9,11,13,18H,7,10,12,14H2,1-2H3,(H2,21,22,24). The number of nitrogens with one attached hydrogen (secondary N) is 2. The molecule has 2 aromatic carbocycles. The van der Waals surface area contributed by atoms with E-state index in [1.165, 1.54) is 24.0 Å². The van der Waals surface area contributed by atoms with Gasteiger partial charge in [0.1, 0.15) is 0 Å². The number of hydrogen-bond donors (Lipinski definition) is 2. The maximum absolute atomic E-state index is 12.4. The summed E-state index contributed by atoms with van der Waals surface area (Å²) in [5, 5.41) is 5.81. The Bertz CT molecular complexity index is 926. The maximum Gasteiger partial charge on any atom is 0.315 e. The van der Waals surface area contributed by atoms with E-state index in [-0.39, 0.29) is 23.5 Å². The highest BCUT2D eigenvalue weighted by Gasteiger charge is 2.23. The van der Waals surface area contributed by atoms with Crippen LogP contribution in [0.3, 0.4) is 0 Å². The molecule has 2 aromatic rings. The Kier molecular flexibility index (Phi) is 5.82. The van der Waals surface area contributed by atoms with Crippen LogP contribution in [0.25, 0.3) is 0 Å². The summed E-state index contributed by atoms with van der Waals surface area (Å²) in [7, 11) is -0.575. The molecular formula is C20H25N3O3S. The van der Waals surface area contributed by atoms with Crippen molar-refractivity contribution < 1.29 is 13.2 Å². The normalized spacial score (nSPS) is 16.6. The number of urea groups is 1. The fourth-order valence-corrected chi connectivity index (χ4v) is 4.50. The maximum atomic E-state index is 12.4. The molecule has 144 valence electrons. The minimum absolute atomic E-state index is 0.0179. The van der Waals surface area contributed by atoms with Crippen LogP contribution in [-0.4, -0.2) is 32.8 Å². The van der Waals surface area contributed by atoms with Gasteiger partial charge in [-0.3, -0.25) is 0 Å². The molecule has 2 N–H and O–H groups in total. The van der Waals surface area contributed by atoms with Crippen LogP contribution >= 0.6 is 0 Å². The number of fused-ring (bicyclic) bond motifs is 1. The zero-order valence-electron chi connectivity index (χ0n) is 15.6. The molecule has 0 saturated carbocycles. The van der Waals surface area contributed by atoms with E-state index in [9.17, 15) is 13.2 Å². The molecule has 0 radical (unpaired) electrons. The van der Waals surface area contributed by atoms with Crippen LogP contribution in [0.4, 0.5) is 4.79 Å². The fourth-order valence-electron chi connectivity index (χ4n) is 3.39. The van der Waals surface area contributed by atoms with Gasteiger partial charge < -0.3 is 10.6 Å². The molecule has 1 atom stereocenters. The predicted octanol–water partition coefficient (Wildman–Crippen LogP) is 2.81. The van der Waals surface area contributed by atoms with E-state index in [2.05, 4.69) is 22.8 Å². The third-order valence-electron chi connectivity index (χ3n) is 4.85. The van der Waals surface area contributed by atoms with Gasteiger partial charge >= 0.3 is 6.03 Å². The van der Waals surface area contributed by atoms with Crippen LogP contribution in [-0.2, 0) is 23.0 Å². The Morgan fingerprint density at radius 3 is 2.59 bits per heavy atom. The van der Waals surface area contributed by atoms with Crippen LogP contribution in [0, 0.1) is 0 Å². The van der Waals surface area contributed by atoms with E-state index in [1.807, 2.05) is 12.1 Å². The van der Waals surface area contributed by atoms with Gasteiger partial charge in [-0.15, -0.1) is 0 Å². The first-order valence-corrected chi connectivity index (χ1v) is 10.5. The molecule has 2 amide bonds. The molecule has 0 aliphatic heterocycles. The van der Waals surface area contributed by atoms with Crippen LogP contribution < -0.4 is 10.6 Å². The van der Waals surface area contributed by atoms with Crippen molar-refractivity contribution in [2.75, 3.05) is 14.1 Å². The molecule has 0 bridgehead atoms. The zero-order chi connectivity index (χ0) is 19.4. The van der Waals surface area contributed by atoms with Gasteiger partial charge in [0.25, 0.3) is 0 Å². The molecular weight excluding hydrogens is 362 g/mol. The molecule has 1 aliphatic rings. The lowest BCUT2D eigenvalue weighted by Gasteiger charge is -2.26. The summed E-state index contributed by atoms with van der Waals surface area (Å²) < 4.78 is 26.1. The summed E-state index contributed by atoms with van der Waals surface area (Å²) in [4.78, 5) is 12.6.